The molecule has 1 rings (SSSR count). The first-order valence-electron chi connectivity index (χ1n) is 4.23. The van der Waals surface area contributed by atoms with Crippen molar-refractivity contribution in [3.63, 3.8) is 0 Å². The van der Waals surface area contributed by atoms with Gasteiger partial charge in [0.05, 0.1) is 5.69 Å². The number of nitrogens with zero attached hydrogens (tertiary/aromatic N) is 1. The first-order chi connectivity index (χ1) is 6.00. The Morgan fingerprint density at radius 2 is 1.93 bits per heavy atom. The Kier molecular flexibility index (Phi) is 8.30. The summed E-state index contributed by atoms with van der Waals surface area (Å²) in [7, 11) is 0. The molecule has 70 valence electrons. The predicted molar refractivity (Wildman–Crippen MR) is 57.6 cm³/mol. The maximum Gasteiger partial charge on any atom is 1.00 e. The fraction of sp³-hybridized carbons (Fsp3) is 0.364. The number of rotatable bonds is 1. The van der Waals surface area contributed by atoms with Crippen LogP contribution in [0.3, 0.4) is 0 Å². The van der Waals surface area contributed by atoms with Gasteiger partial charge in [-0.1, -0.05) is 39.0 Å². The summed E-state index contributed by atoms with van der Waals surface area (Å²) in [5.41, 5.74) is 0.186. The molecule has 1 aromatic rings. The van der Waals surface area contributed by atoms with E-state index in [-0.39, 0.29) is 43.6 Å². The van der Waals surface area contributed by atoms with Gasteiger partial charge in [-0.2, -0.15) is 0 Å². The van der Waals surface area contributed by atoms with Gasteiger partial charge in [0.25, 0.3) is 0 Å². The number of para-hydroxylation sites is 1. The Hall–Kier alpha value is -0.115. The normalized spacial score (nSPS) is 11.3. The van der Waals surface area contributed by atoms with Gasteiger partial charge in [0, 0.05) is 24.9 Å². The third-order valence-electron chi connectivity index (χ3n) is 1.56. The maximum absolute atomic E-state index is 11.4. The minimum absolute atomic E-state index is 0. The molecule has 0 amide bonds. The molecular weight excluding hydrogens is 176 g/mol. The van der Waals surface area contributed by atoms with E-state index in [1.807, 2.05) is 32.9 Å². The van der Waals surface area contributed by atoms with E-state index in [0.717, 1.165) is 0 Å². The number of benzene rings is 1. The maximum atomic E-state index is 11.4. The molecule has 1 aromatic carbocycles. The summed E-state index contributed by atoms with van der Waals surface area (Å²) in [6.45, 7) is 5.55. The molecule has 15 heavy (non-hydrogen) atoms. The van der Waals surface area contributed by atoms with E-state index in [1.165, 1.54) is 0 Å². The molecule has 0 heterocycles. The van der Waals surface area contributed by atoms with Crippen molar-refractivity contribution < 1.29 is 24.0 Å². The van der Waals surface area contributed by atoms with Crippen LogP contribution < -0.4 is 24.0 Å². The van der Waals surface area contributed by atoms with Gasteiger partial charge in [-0.05, 0) is 17.4 Å². The molecule has 0 saturated carbocycles. The molecule has 4 heteroatoms. The molecular formula is C11H13Li2NO. The Balaban J connectivity index is 0. The van der Waals surface area contributed by atoms with Crippen LogP contribution in [0.25, 0.3) is 0 Å². The largest absolute Gasteiger partial charge is 1.00 e. The minimum atomic E-state index is -0.413. The number of hydrogen-bond acceptors (Lipinski definition) is 2. The number of aliphatic imine (C=N–C) groups is 1. The average molecular weight is 189 g/mol. The third-order valence-corrected chi connectivity index (χ3v) is 1.56. The molecule has 0 N–H and O–H groups in total. The minimum Gasteiger partial charge on any atom is -0.861 e. The van der Waals surface area contributed by atoms with Crippen LogP contribution in [-0.4, -0.2) is 24.8 Å². The van der Waals surface area contributed by atoms with Gasteiger partial charge in [-0.25, -0.2) is 0 Å². The van der Waals surface area contributed by atoms with E-state index < -0.39 is 5.41 Å². The molecule has 0 aliphatic carbocycles. The fourth-order valence-electron chi connectivity index (χ4n) is 0.731. The van der Waals surface area contributed by atoms with E-state index in [0.29, 0.717) is 5.69 Å². The van der Waals surface area contributed by atoms with Crippen LogP contribution in [0.1, 0.15) is 20.8 Å². The zero-order valence-corrected chi connectivity index (χ0v) is 10.2. The van der Waals surface area contributed by atoms with E-state index in [2.05, 4.69) is 11.1 Å². The van der Waals surface area contributed by atoms with Crippen molar-refractivity contribution in [2.75, 3.05) is 0 Å². The van der Waals surface area contributed by atoms with Crippen LogP contribution in [0.5, 0.6) is 0 Å². The molecule has 2 radical (unpaired) electrons. The van der Waals surface area contributed by atoms with Crippen LogP contribution in [-0.2, 0) is 0 Å². The Bertz CT molecular complexity index is 304. The summed E-state index contributed by atoms with van der Waals surface area (Å²) < 4.78 is 0. The zero-order chi connectivity index (χ0) is 9.90. The summed E-state index contributed by atoms with van der Waals surface area (Å²) in [4.78, 5) is 3.94. The van der Waals surface area contributed by atoms with Gasteiger partial charge >= 0.3 is 18.9 Å². The smallest absolute Gasteiger partial charge is 0.861 e. The van der Waals surface area contributed by atoms with Gasteiger partial charge in [-0.3, -0.25) is 4.99 Å². The first kappa shape index (κ1) is 17.3. The molecule has 0 fully saturated rings. The average Bonchev–Trinajstić information content (AvgIpc) is 2.04. The second-order valence-electron chi connectivity index (χ2n) is 3.91. The Morgan fingerprint density at radius 3 is 2.33 bits per heavy atom. The monoisotopic (exact) mass is 189 g/mol. The van der Waals surface area contributed by atoms with Gasteiger partial charge in [-0.15, -0.1) is 0 Å². The molecule has 0 atom stereocenters. The summed E-state index contributed by atoms with van der Waals surface area (Å²) in [6.07, 6.45) is 0. The topological polar surface area (TPSA) is 35.4 Å². The summed E-state index contributed by atoms with van der Waals surface area (Å²) in [6, 6.07) is 10.1. The van der Waals surface area contributed by atoms with Crippen molar-refractivity contribution in [2.24, 2.45) is 10.4 Å². The molecule has 0 aliphatic heterocycles. The van der Waals surface area contributed by atoms with Crippen molar-refractivity contribution in [1.29, 1.82) is 0 Å². The van der Waals surface area contributed by atoms with Gasteiger partial charge in [0.15, 0.2) is 0 Å². The van der Waals surface area contributed by atoms with Crippen molar-refractivity contribution in [3.8, 4) is 0 Å². The van der Waals surface area contributed by atoms with E-state index in [4.69, 9.17) is 0 Å². The van der Waals surface area contributed by atoms with Gasteiger partial charge < -0.3 is 5.11 Å². The second kappa shape index (κ2) is 7.21. The standard InChI is InChI=1S/C11H14NO.2Li/c1-11(2,3)10(13)12-9-7-5-4-6-8-9;;/h4-7H,1-3H3,(H,12,13);;/q;;+1/p-1. The predicted octanol–water partition coefficient (Wildman–Crippen LogP) is -1.45. The van der Waals surface area contributed by atoms with Crippen molar-refractivity contribution >= 4 is 30.4 Å². The zero-order valence-electron chi connectivity index (χ0n) is 10.2. The van der Waals surface area contributed by atoms with E-state index >= 15 is 0 Å². The van der Waals surface area contributed by atoms with Crippen LogP contribution >= 0.6 is 0 Å². The van der Waals surface area contributed by atoms with Crippen LogP contribution in [0.2, 0.25) is 0 Å². The van der Waals surface area contributed by atoms with Crippen molar-refractivity contribution in [1.82, 2.24) is 0 Å². The van der Waals surface area contributed by atoms with Crippen molar-refractivity contribution in [3.05, 3.63) is 30.3 Å². The first-order valence-corrected chi connectivity index (χ1v) is 4.23. The molecule has 0 spiro atoms. The molecule has 0 aliphatic rings. The molecule has 0 bridgehead atoms. The van der Waals surface area contributed by atoms with E-state index in [9.17, 15) is 5.11 Å². The molecule has 0 aromatic heterocycles. The summed E-state index contributed by atoms with van der Waals surface area (Å²) in [5, 5.41) is 11.4. The van der Waals surface area contributed by atoms with E-state index in [1.54, 1.807) is 12.1 Å². The van der Waals surface area contributed by atoms with Gasteiger partial charge in [0.2, 0.25) is 0 Å². The Morgan fingerprint density at radius 1 is 1.33 bits per heavy atom. The molecule has 0 unspecified atom stereocenters. The third kappa shape index (κ3) is 6.13. The van der Waals surface area contributed by atoms with Gasteiger partial charge in [0.1, 0.15) is 0 Å². The molecule has 0 saturated heterocycles. The van der Waals surface area contributed by atoms with Crippen molar-refractivity contribution in [2.45, 2.75) is 20.8 Å². The quantitative estimate of drug-likeness (QED) is 0.302. The number of hydrogen-bond donors (Lipinski definition) is 0. The van der Waals surface area contributed by atoms with Crippen LogP contribution in [0, 0.1) is 11.5 Å². The SMILES string of the molecule is CC(C)(C)C([O-])=Nc1[c]cccc1.[Li+].[Li]. The molecule has 2 nitrogen and oxygen atoms in total. The summed E-state index contributed by atoms with van der Waals surface area (Å²) in [5.74, 6) is -0.116. The van der Waals surface area contributed by atoms with Crippen LogP contribution in [0.4, 0.5) is 5.69 Å². The Labute approximate surface area is 116 Å². The fourth-order valence-corrected chi connectivity index (χ4v) is 0.731. The van der Waals surface area contributed by atoms with Crippen LogP contribution in [0.15, 0.2) is 29.3 Å². The second-order valence-corrected chi connectivity index (χ2v) is 3.91. The summed E-state index contributed by atoms with van der Waals surface area (Å²) >= 11 is 0.